The summed E-state index contributed by atoms with van der Waals surface area (Å²) in [5.74, 6) is 0.775. The van der Waals surface area contributed by atoms with Gasteiger partial charge in [-0.15, -0.1) is 0 Å². The van der Waals surface area contributed by atoms with Gasteiger partial charge < -0.3 is 15.2 Å². The number of guanidine groups is 1. The number of benzene rings is 1. The fraction of sp³-hybridized carbons (Fsp3) is 0.333. The standard InChI is InChI=1S/C15H20N4O/c1-3-16-15(18-11-14-7-8-20-19-14)17-10-13-6-4-5-12(2)9-13/h4-9H,3,10-11H2,1-2H3,(H2,16,17,18). The maximum absolute atomic E-state index is 4.80. The first-order valence-electron chi connectivity index (χ1n) is 6.75. The van der Waals surface area contributed by atoms with Crippen molar-refractivity contribution in [3.8, 4) is 0 Å². The number of nitrogens with zero attached hydrogens (tertiary/aromatic N) is 2. The molecule has 2 aromatic rings. The Balaban J connectivity index is 1.94. The lowest BCUT2D eigenvalue weighted by atomic mass is 10.1. The quantitative estimate of drug-likeness (QED) is 0.647. The van der Waals surface area contributed by atoms with Crippen molar-refractivity contribution >= 4 is 5.96 Å². The fourth-order valence-electron chi connectivity index (χ4n) is 1.83. The highest BCUT2D eigenvalue weighted by molar-refractivity contribution is 5.79. The molecule has 5 heteroatoms. The summed E-state index contributed by atoms with van der Waals surface area (Å²) in [6, 6.07) is 10.2. The summed E-state index contributed by atoms with van der Waals surface area (Å²) in [4.78, 5) is 4.56. The van der Waals surface area contributed by atoms with Crippen LogP contribution in [0.3, 0.4) is 0 Å². The Morgan fingerprint density at radius 2 is 2.20 bits per heavy atom. The number of nitrogens with one attached hydrogen (secondary N) is 2. The van der Waals surface area contributed by atoms with E-state index in [0.717, 1.165) is 18.2 Å². The normalized spacial score (nSPS) is 11.4. The molecule has 20 heavy (non-hydrogen) atoms. The first-order valence-corrected chi connectivity index (χ1v) is 6.75. The molecule has 0 aliphatic rings. The average molecular weight is 272 g/mol. The van der Waals surface area contributed by atoms with Gasteiger partial charge >= 0.3 is 0 Å². The Bertz CT molecular complexity index is 549. The van der Waals surface area contributed by atoms with Crippen molar-refractivity contribution in [3.63, 3.8) is 0 Å². The lowest BCUT2D eigenvalue weighted by Crippen LogP contribution is -2.36. The molecule has 0 saturated heterocycles. The second-order valence-corrected chi connectivity index (χ2v) is 4.53. The van der Waals surface area contributed by atoms with Gasteiger partial charge in [-0.3, -0.25) is 0 Å². The van der Waals surface area contributed by atoms with Crippen LogP contribution < -0.4 is 10.6 Å². The molecular weight excluding hydrogens is 252 g/mol. The minimum atomic E-state index is 0.593. The molecule has 0 fully saturated rings. The van der Waals surface area contributed by atoms with E-state index in [2.05, 4.69) is 52.0 Å². The lowest BCUT2D eigenvalue weighted by Gasteiger charge is -2.10. The van der Waals surface area contributed by atoms with Crippen molar-refractivity contribution in [1.29, 1.82) is 0 Å². The van der Waals surface area contributed by atoms with Crippen LogP contribution in [0.1, 0.15) is 23.7 Å². The molecule has 2 N–H and O–H groups in total. The molecule has 0 aliphatic carbocycles. The second kappa shape index (κ2) is 7.33. The van der Waals surface area contributed by atoms with Crippen LogP contribution in [0.5, 0.6) is 0 Å². The van der Waals surface area contributed by atoms with E-state index in [1.54, 1.807) is 6.26 Å². The smallest absolute Gasteiger partial charge is 0.191 e. The van der Waals surface area contributed by atoms with E-state index in [4.69, 9.17) is 4.52 Å². The van der Waals surface area contributed by atoms with Crippen LogP contribution in [-0.2, 0) is 13.1 Å². The van der Waals surface area contributed by atoms with Crippen LogP contribution >= 0.6 is 0 Å². The number of aliphatic imine (C=N–C) groups is 1. The third-order valence-electron chi connectivity index (χ3n) is 2.77. The van der Waals surface area contributed by atoms with E-state index in [-0.39, 0.29) is 0 Å². The van der Waals surface area contributed by atoms with Gasteiger partial charge in [0.25, 0.3) is 0 Å². The van der Waals surface area contributed by atoms with Crippen molar-refractivity contribution < 1.29 is 4.52 Å². The number of rotatable bonds is 5. The van der Waals surface area contributed by atoms with E-state index in [9.17, 15) is 0 Å². The zero-order valence-corrected chi connectivity index (χ0v) is 11.9. The molecule has 0 aliphatic heterocycles. The molecule has 0 amide bonds. The Morgan fingerprint density at radius 3 is 2.90 bits per heavy atom. The van der Waals surface area contributed by atoms with Crippen LogP contribution in [0.25, 0.3) is 0 Å². The van der Waals surface area contributed by atoms with Gasteiger partial charge in [-0.05, 0) is 19.4 Å². The van der Waals surface area contributed by atoms with Crippen molar-refractivity contribution in [1.82, 2.24) is 15.8 Å². The summed E-state index contributed by atoms with van der Waals surface area (Å²) in [6.45, 7) is 6.19. The molecular formula is C15H20N4O. The first-order chi connectivity index (χ1) is 9.78. The molecule has 106 valence electrons. The van der Waals surface area contributed by atoms with Crippen molar-refractivity contribution in [2.24, 2.45) is 4.99 Å². The summed E-state index contributed by atoms with van der Waals surface area (Å²) in [5.41, 5.74) is 3.30. The van der Waals surface area contributed by atoms with Gasteiger partial charge in [0.2, 0.25) is 0 Å². The monoisotopic (exact) mass is 272 g/mol. The molecule has 0 atom stereocenters. The zero-order chi connectivity index (χ0) is 14.2. The van der Waals surface area contributed by atoms with Gasteiger partial charge in [-0.25, -0.2) is 4.99 Å². The summed E-state index contributed by atoms with van der Waals surface area (Å²) >= 11 is 0. The molecule has 0 bridgehead atoms. The Labute approximate surface area is 119 Å². The third-order valence-corrected chi connectivity index (χ3v) is 2.77. The predicted octanol–water partition coefficient (Wildman–Crippen LogP) is 2.24. The van der Waals surface area contributed by atoms with Crippen LogP contribution in [0, 0.1) is 6.92 Å². The van der Waals surface area contributed by atoms with Gasteiger partial charge in [0, 0.05) is 12.6 Å². The zero-order valence-electron chi connectivity index (χ0n) is 11.9. The van der Waals surface area contributed by atoms with Crippen molar-refractivity contribution in [3.05, 3.63) is 53.4 Å². The number of hydrogen-bond acceptors (Lipinski definition) is 3. The topological polar surface area (TPSA) is 62.5 Å². The highest BCUT2D eigenvalue weighted by atomic mass is 16.5. The van der Waals surface area contributed by atoms with Crippen LogP contribution in [-0.4, -0.2) is 17.7 Å². The lowest BCUT2D eigenvalue weighted by molar-refractivity contribution is 0.410. The Morgan fingerprint density at radius 1 is 1.30 bits per heavy atom. The molecule has 1 heterocycles. The van der Waals surface area contributed by atoms with Crippen LogP contribution in [0.2, 0.25) is 0 Å². The van der Waals surface area contributed by atoms with Crippen LogP contribution in [0.4, 0.5) is 0 Å². The fourth-order valence-corrected chi connectivity index (χ4v) is 1.83. The SMILES string of the molecule is CCNC(=NCc1cccc(C)c1)NCc1ccon1. The third kappa shape index (κ3) is 4.42. The molecule has 0 unspecified atom stereocenters. The molecule has 0 spiro atoms. The van der Waals surface area contributed by atoms with Crippen molar-refractivity contribution in [2.75, 3.05) is 6.54 Å². The summed E-state index contributed by atoms with van der Waals surface area (Å²) in [7, 11) is 0. The largest absolute Gasteiger partial charge is 0.364 e. The van der Waals surface area contributed by atoms with E-state index >= 15 is 0 Å². The minimum Gasteiger partial charge on any atom is -0.364 e. The summed E-state index contributed by atoms with van der Waals surface area (Å²) < 4.78 is 4.80. The van der Waals surface area contributed by atoms with Gasteiger partial charge in [0.1, 0.15) is 12.0 Å². The average Bonchev–Trinajstić information content (AvgIpc) is 2.95. The molecule has 0 radical (unpaired) electrons. The number of aromatic nitrogens is 1. The van der Waals surface area contributed by atoms with Crippen LogP contribution in [0.15, 0.2) is 46.1 Å². The van der Waals surface area contributed by atoms with E-state index in [0.29, 0.717) is 13.1 Å². The second-order valence-electron chi connectivity index (χ2n) is 4.53. The Hall–Kier alpha value is -2.30. The molecule has 5 nitrogen and oxygen atoms in total. The predicted molar refractivity (Wildman–Crippen MR) is 79.3 cm³/mol. The van der Waals surface area contributed by atoms with E-state index in [1.807, 2.05) is 13.0 Å². The summed E-state index contributed by atoms with van der Waals surface area (Å²) in [6.07, 6.45) is 1.56. The molecule has 2 rings (SSSR count). The maximum atomic E-state index is 4.80. The van der Waals surface area contributed by atoms with Gasteiger partial charge in [-0.1, -0.05) is 35.0 Å². The van der Waals surface area contributed by atoms with E-state index < -0.39 is 0 Å². The minimum absolute atomic E-state index is 0.593. The van der Waals surface area contributed by atoms with Gasteiger partial charge in [0.15, 0.2) is 5.96 Å². The van der Waals surface area contributed by atoms with Crippen molar-refractivity contribution in [2.45, 2.75) is 26.9 Å². The number of hydrogen-bond donors (Lipinski definition) is 2. The van der Waals surface area contributed by atoms with E-state index in [1.165, 1.54) is 11.1 Å². The number of aryl methyl sites for hydroxylation is 1. The van der Waals surface area contributed by atoms with Gasteiger partial charge in [0.05, 0.1) is 13.1 Å². The highest BCUT2D eigenvalue weighted by Crippen LogP contribution is 2.05. The maximum Gasteiger partial charge on any atom is 0.191 e. The van der Waals surface area contributed by atoms with Gasteiger partial charge in [-0.2, -0.15) is 0 Å². The highest BCUT2D eigenvalue weighted by Gasteiger charge is 2.00. The first kappa shape index (κ1) is 14.1. The molecule has 1 aromatic carbocycles. The molecule has 0 saturated carbocycles. The molecule has 1 aromatic heterocycles. The summed E-state index contributed by atoms with van der Waals surface area (Å²) in [5, 5.41) is 10.3. The Kier molecular flexibility index (Phi) is 5.17.